The Morgan fingerprint density at radius 1 is 1.14 bits per heavy atom. The van der Waals surface area contributed by atoms with Crippen LogP contribution in [0, 0.1) is 25.2 Å². The third kappa shape index (κ3) is 3.86. The minimum absolute atomic E-state index is 0.179. The van der Waals surface area contributed by atoms with Crippen molar-refractivity contribution in [3.8, 4) is 6.07 Å². The molecule has 0 aliphatic heterocycles. The molecule has 1 amide bonds. The summed E-state index contributed by atoms with van der Waals surface area (Å²) in [5.74, 6) is -0.179. The van der Waals surface area contributed by atoms with Gasteiger partial charge in [0.2, 0.25) is 5.91 Å². The van der Waals surface area contributed by atoms with E-state index < -0.39 is 6.04 Å². The van der Waals surface area contributed by atoms with Gasteiger partial charge in [0.15, 0.2) is 0 Å². The van der Waals surface area contributed by atoms with E-state index in [9.17, 15) is 4.79 Å². The molecule has 0 fully saturated rings. The van der Waals surface area contributed by atoms with Crippen LogP contribution in [0.2, 0.25) is 0 Å². The molecule has 4 heteroatoms. The summed E-state index contributed by atoms with van der Waals surface area (Å²) in [4.78, 5) is 12.3. The number of anilines is 2. The van der Waals surface area contributed by atoms with E-state index in [1.807, 2.05) is 26.0 Å². The first-order valence-corrected chi connectivity index (χ1v) is 7.14. The Bertz CT molecular complexity index is 711. The van der Waals surface area contributed by atoms with Crippen LogP contribution in [0.15, 0.2) is 42.5 Å². The minimum Gasteiger partial charge on any atom is -0.374 e. The number of nitrogens with zero attached hydrogens (tertiary/aromatic N) is 1. The molecule has 0 aliphatic rings. The fraction of sp³-hybridized carbons (Fsp3) is 0.222. The van der Waals surface area contributed by atoms with Crippen LogP contribution >= 0.6 is 0 Å². The molecule has 0 saturated carbocycles. The predicted octanol–water partition coefficient (Wildman–Crippen LogP) is 3.61. The lowest BCUT2D eigenvalue weighted by atomic mass is 10.1. The molecule has 0 saturated heterocycles. The lowest BCUT2D eigenvalue weighted by molar-refractivity contribution is -0.116. The monoisotopic (exact) mass is 293 g/mol. The maximum Gasteiger partial charge on any atom is 0.246 e. The van der Waals surface area contributed by atoms with Crippen molar-refractivity contribution in [2.75, 3.05) is 10.6 Å². The maximum atomic E-state index is 12.3. The van der Waals surface area contributed by atoms with Gasteiger partial charge in [0.1, 0.15) is 12.1 Å². The third-order valence-corrected chi connectivity index (χ3v) is 3.30. The molecule has 0 aromatic heterocycles. The Kier molecular flexibility index (Phi) is 4.80. The predicted molar refractivity (Wildman–Crippen MR) is 88.8 cm³/mol. The van der Waals surface area contributed by atoms with Crippen LogP contribution in [0.3, 0.4) is 0 Å². The number of amides is 1. The normalized spacial score (nSPS) is 11.4. The van der Waals surface area contributed by atoms with Crippen molar-refractivity contribution in [3.05, 3.63) is 59.2 Å². The molecule has 4 nitrogen and oxygen atoms in total. The largest absolute Gasteiger partial charge is 0.374 e. The highest BCUT2D eigenvalue weighted by molar-refractivity contribution is 5.97. The van der Waals surface area contributed by atoms with Crippen LogP contribution in [-0.4, -0.2) is 11.9 Å². The van der Waals surface area contributed by atoms with E-state index in [2.05, 4.69) is 22.8 Å². The van der Waals surface area contributed by atoms with E-state index in [0.29, 0.717) is 11.3 Å². The van der Waals surface area contributed by atoms with Crippen LogP contribution in [0.4, 0.5) is 11.4 Å². The number of benzene rings is 2. The van der Waals surface area contributed by atoms with Crippen molar-refractivity contribution in [1.29, 1.82) is 5.26 Å². The van der Waals surface area contributed by atoms with E-state index in [1.165, 1.54) is 0 Å². The molecule has 0 radical (unpaired) electrons. The van der Waals surface area contributed by atoms with Gasteiger partial charge in [-0.3, -0.25) is 4.79 Å². The first-order chi connectivity index (χ1) is 10.5. The van der Waals surface area contributed by atoms with Crippen molar-refractivity contribution in [1.82, 2.24) is 0 Å². The summed E-state index contributed by atoms with van der Waals surface area (Å²) in [5, 5.41) is 15.0. The van der Waals surface area contributed by atoms with Gasteiger partial charge in [-0.15, -0.1) is 0 Å². The fourth-order valence-electron chi connectivity index (χ4n) is 2.30. The summed E-state index contributed by atoms with van der Waals surface area (Å²) in [6.07, 6.45) is 0. The molecule has 0 aliphatic carbocycles. The molecule has 0 bridgehead atoms. The highest BCUT2D eigenvalue weighted by Gasteiger charge is 2.14. The van der Waals surface area contributed by atoms with Crippen LogP contribution in [-0.2, 0) is 4.79 Å². The number of hydrogen-bond donors (Lipinski definition) is 2. The molecule has 2 aromatic carbocycles. The molecular formula is C18H19N3O. The van der Waals surface area contributed by atoms with Crippen molar-refractivity contribution in [2.45, 2.75) is 26.8 Å². The highest BCUT2D eigenvalue weighted by Crippen LogP contribution is 2.17. The van der Waals surface area contributed by atoms with Crippen molar-refractivity contribution in [2.24, 2.45) is 0 Å². The standard InChI is InChI=1S/C18H19N3O/c1-12-8-13(2)10-16(9-12)20-14(3)18(22)21-17-7-5-4-6-15(17)11-19/h4-10,14,20H,1-3H3,(H,21,22)/t14-/m1/s1. The number of rotatable bonds is 4. The molecule has 112 valence electrons. The fourth-order valence-corrected chi connectivity index (χ4v) is 2.30. The number of hydrogen-bond acceptors (Lipinski definition) is 3. The number of nitriles is 1. The number of carbonyl (C=O) groups is 1. The lowest BCUT2D eigenvalue weighted by Gasteiger charge is -2.16. The van der Waals surface area contributed by atoms with Crippen molar-refractivity contribution in [3.63, 3.8) is 0 Å². The van der Waals surface area contributed by atoms with Gasteiger partial charge in [-0.25, -0.2) is 0 Å². The van der Waals surface area contributed by atoms with Gasteiger partial charge in [-0.2, -0.15) is 5.26 Å². The smallest absolute Gasteiger partial charge is 0.246 e. The Labute approximate surface area is 130 Å². The van der Waals surface area contributed by atoms with Crippen LogP contribution in [0.5, 0.6) is 0 Å². The van der Waals surface area contributed by atoms with Gasteiger partial charge in [0.25, 0.3) is 0 Å². The number of aryl methyl sites for hydroxylation is 2. The first kappa shape index (κ1) is 15.6. The molecule has 22 heavy (non-hydrogen) atoms. The molecule has 0 unspecified atom stereocenters. The highest BCUT2D eigenvalue weighted by atomic mass is 16.2. The number of carbonyl (C=O) groups excluding carboxylic acids is 1. The summed E-state index contributed by atoms with van der Waals surface area (Å²) in [7, 11) is 0. The van der Waals surface area contributed by atoms with E-state index in [4.69, 9.17) is 5.26 Å². The zero-order chi connectivity index (χ0) is 16.1. The molecule has 1 atom stereocenters. The second kappa shape index (κ2) is 6.77. The van der Waals surface area contributed by atoms with Crippen LogP contribution < -0.4 is 10.6 Å². The summed E-state index contributed by atoms with van der Waals surface area (Å²) < 4.78 is 0. The number of para-hydroxylation sites is 1. The Morgan fingerprint density at radius 2 is 1.77 bits per heavy atom. The summed E-state index contributed by atoms with van der Waals surface area (Å²) in [5.41, 5.74) is 4.18. The maximum absolute atomic E-state index is 12.3. The SMILES string of the molecule is Cc1cc(C)cc(N[C@H](C)C(=O)Nc2ccccc2C#N)c1. The van der Waals surface area contributed by atoms with Crippen molar-refractivity contribution < 1.29 is 4.79 Å². The first-order valence-electron chi connectivity index (χ1n) is 7.14. The zero-order valence-corrected chi connectivity index (χ0v) is 13.0. The van der Waals surface area contributed by atoms with Gasteiger partial charge in [0.05, 0.1) is 11.3 Å². The molecule has 0 heterocycles. The topological polar surface area (TPSA) is 64.9 Å². The van der Waals surface area contributed by atoms with E-state index in [0.717, 1.165) is 16.8 Å². The third-order valence-electron chi connectivity index (χ3n) is 3.30. The van der Waals surface area contributed by atoms with Gasteiger partial charge in [0, 0.05) is 5.69 Å². The molecule has 2 aromatic rings. The zero-order valence-electron chi connectivity index (χ0n) is 13.0. The molecule has 2 N–H and O–H groups in total. The summed E-state index contributed by atoms with van der Waals surface area (Å²) in [6.45, 7) is 5.83. The van der Waals surface area contributed by atoms with Crippen molar-refractivity contribution >= 4 is 17.3 Å². The molecule has 2 rings (SSSR count). The van der Waals surface area contributed by atoms with E-state index in [1.54, 1.807) is 31.2 Å². The van der Waals surface area contributed by atoms with Gasteiger partial charge in [-0.05, 0) is 56.2 Å². The van der Waals surface area contributed by atoms with E-state index in [-0.39, 0.29) is 5.91 Å². The Balaban J connectivity index is 2.08. The second-order valence-corrected chi connectivity index (χ2v) is 5.39. The Hall–Kier alpha value is -2.80. The molecular weight excluding hydrogens is 274 g/mol. The quantitative estimate of drug-likeness (QED) is 0.905. The van der Waals surface area contributed by atoms with Gasteiger partial charge < -0.3 is 10.6 Å². The van der Waals surface area contributed by atoms with Crippen LogP contribution in [0.1, 0.15) is 23.6 Å². The summed E-state index contributed by atoms with van der Waals surface area (Å²) >= 11 is 0. The lowest BCUT2D eigenvalue weighted by Crippen LogP contribution is -2.32. The van der Waals surface area contributed by atoms with E-state index >= 15 is 0 Å². The second-order valence-electron chi connectivity index (χ2n) is 5.39. The van der Waals surface area contributed by atoms with Crippen LogP contribution in [0.25, 0.3) is 0 Å². The Morgan fingerprint density at radius 3 is 2.41 bits per heavy atom. The molecule has 0 spiro atoms. The van der Waals surface area contributed by atoms with Gasteiger partial charge in [-0.1, -0.05) is 18.2 Å². The average molecular weight is 293 g/mol. The summed E-state index contributed by atoms with van der Waals surface area (Å²) in [6, 6.07) is 14.7. The average Bonchev–Trinajstić information content (AvgIpc) is 2.46. The minimum atomic E-state index is -0.409. The number of nitrogens with one attached hydrogen (secondary N) is 2. The van der Waals surface area contributed by atoms with Gasteiger partial charge >= 0.3 is 0 Å².